The summed E-state index contributed by atoms with van der Waals surface area (Å²) in [7, 11) is 0. The van der Waals surface area contributed by atoms with E-state index in [1.54, 1.807) is 24.3 Å². The van der Waals surface area contributed by atoms with Crippen LogP contribution in [0.25, 0.3) is 0 Å². The maximum absolute atomic E-state index is 12.6. The Balaban J connectivity index is 1.61. The van der Waals surface area contributed by atoms with Crippen LogP contribution in [0.1, 0.15) is 52.6 Å². The number of ether oxygens (including phenoxy) is 2. The van der Waals surface area contributed by atoms with Crippen molar-refractivity contribution in [1.29, 1.82) is 0 Å². The van der Waals surface area contributed by atoms with Gasteiger partial charge in [0.15, 0.2) is 12.4 Å². The van der Waals surface area contributed by atoms with Crippen molar-refractivity contribution in [3.8, 4) is 5.75 Å². The van der Waals surface area contributed by atoms with E-state index < -0.39 is 5.97 Å². The summed E-state index contributed by atoms with van der Waals surface area (Å²) < 4.78 is 11.0. The number of carbonyl (C=O) groups is 2. The lowest BCUT2D eigenvalue weighted by molar-refractivity contribution is 0.0472. The Labute approximate surface area is 177 Å². The zero-order chi connectivity index (χ0) is 21.6. The number of benzene rings is 3. The zero-order valence-electron chi connectivity index (χ0n) is 17.6. The van der Waals surface area contributed by atoms with Gasteiger partial charge in [0.1, 0.15) is 12.4 Å². The molecule has 0 heterocycles. The van der Waals surface area contributed by atoms with Crippen molar-refractivity contribution >= 4 is 11.8 Å². The Kier molecular flexibility index (Phi) is 6.68. The van der Waals surface area contributed by atoms with Crippen LogP contribution in [-0.2, 0) is 16.8 Å². The number of para-hydroxylation sites is 1. The molecule has 0 amide bonds. The molecule has 154 valence electrons. The molecule has 0 aliphatic heterocycles. The molecular formula is C26H26O4. The van der Waals surface area contributed by atoms with Crippen LogP contribution in [0.4, 0.5) is 0 Å². The van der Waals surface area contributed by atoms with Crippen molar-refractivity contribution < 1.29 is 19.1 Å². The quantitative estimate of drug-likeness (QED) is 0.381. The highest BCUT2D eigenvalue weighted by molar-refractivity contribution is 5.99. The van der Waals surface area contributed by atoms with Gasteiger partial charge < -0.3 is 9.47 Å². The molecule has 0 radical (unpaired) electrons. The first-order valence-electron chi connectivity index (χ1n) is 9.91. The number of hydrogen-bond acceptors (Lipinski definition) is 4. The molecule has 0 saturated carbocycles. The van der Waals surface area contributed by atoms with Gasteiger partial charge in [-0.05, 0) is 29.2 Å². The smallest absolute Gasteiger partial charge is 0.338 e. The van der Waals surface area contributed by atoms with Crippen molar-refractivity contribution in [2.24, 2.45) is 0 Å². The van der Waals surface area contributed by atoms with Crippen LogP contribution in [0.5, 0.6) is 5.75 Å². The van der Waals surface area contributed by atoms with Crippen molar-refractivity contribution in [2.45, 2.75) is 32.8 Å². The summed E-state index contributed by atoms with van der Waals surface area (Å²) in [6.07, 6.45) is 0. The third kappa shape index (κ3) is 5.57. The Hall–Kier alpha value is -3.40. The summed E-state index contributed by atoms with van der Waals surface area (Å²) in [5.41, 5.74) is 2.78. The van der Waals surface area contributed by atoms with Crippen molar-refractivity contribution in [3.63, 3.8) is 0 Å². The Bertz CT molecular complexity index is 999. The molecule has 0 aromatic heterocycles. The van der Waals surface area contributed by atoms with Gasteiger partial charge in [0, 0.05) is 11.1 Å². The molecule has 0 spiro atoms. The van der Waals surface area contributed by atoms with Crippen LogP contribution in [0, 0.1) is 0 Å². The van der Waals surface area contributed by atoms with E-state index in [0.717, 1.165) is 11.3 Å². The van der Waals surface area contributed by atoms with Gasteiger partial charge in [-0.3, -0.25) is 4.79 Å². The van der Waals surface area contributed by atoms with Gasteiger partial charge in [-0.2, -0.15) is 0 Å². The maximum atomic E-state index is 12.6. The van der Waals surface area contributed by atoms with E-state index >= 15 is 0 Å². The van der Waals surface area contributed by atoms with Crippen molar-refractivity contribution in [2.75, 3.05) is 6.61 Å². The van der Waals surface area contributed by atoms with E-state index in [-0.39, 0.29) is 24.4 Å². The molecule has 4 heteroatoms. The molecular weight excluding hydrogens is 376 g/mol. The van der Waals surface area contributed by atoms with E-state index in [1.165, 1.54) is 0 Å². The molecule has 0 N–H and O–H groups in total. The lowest BCUT2D eigenvalue weighted by atomic mass is 9.86. The van der Waals surface area contributed by atoms with Gasteiger partial charge in [-0.25, -0.2) is 4.79 Å². The maximum Gasteiger partial charge on any atom is 0.338 e. The summed E-state index contributed by atoms with van der Waals surface area (Å²) in [5, 5.41) is 0. The fraction of sp³-hybridized carbons (Fsp3) is 0.231. The van der Waals surface area contributed by atoms with E-state index in [2.05, 4.69) is 20.8 Å². The van der Waals surface area contributed by atoms with Crippen molar-refractivity contribution in [1.82, 2.24) is 0 Å². The van der Waals surface area contributed by atoms with Crippen LogP contribution in [0.3, 0.4) is 0 Å². The average molecular weight is 402 g/mol. The number of ketones is 1. The third-order valence-electron chi connectivity index (χ3n) is 4.78. The fourth-order valence-electron chi connectivity index (χ4n) is 2.97. The first-order valence-corrected chi connectivity index (χ1v) is 9.91. The Morgan fingerprint density at radius 2 is 1.43 bits per heavy atom. The summed E-state index contributed by atoms with van der Waals surface area (Å²) in [6, 6.07) is 23.9. The second-order valence-corrected chi connectivity index (χ2v) is 8.09. The van der Waals surface area contributed by atoms with Gasteiger partial charge in [0.2, 0.25) is 0 Å². The first-order chi connectivity index (χ1) is 14.3. The Morgan fingerprint density at radius 1 is 0.800 bits per heavy atom. The lowest BCUT2D eigenvalue weighted by Crippen LogP contribution is -2.16. The molecule has 30 heavy (non-hydrogen) atoms. The SMILES string of the molecule is CC(C)(C)c1ccc(C(=O)COC(=O)c2ccccc2COc2ccccc2)cc1. The van der Waals surface area contributed by atoms with E-state index in [1.807, 2.05) is 54.6 Å². The second kappa shape index (κ2) is 9.40. The first kappa shape index (κ1) is 21.3. The average Bonchev–Trinajstić information content (AvgIpc) is 2.76. The molecule has 3 rings (SSSR count). The Morgan fingerprint density at radius 3 is 2.10 bits per heavy atom. The van der Waals surface area contributed by atoms with Gasteiger partial charge >= 0.3 is 5.97 Å². The van der Waals surface area contributed by atoms with Crippen LogP contribution in [-0.4, -0.2) is 18.4 Å². The second-order valence-electron chi connectivity index (χ2n) is 8.09. The topological polar surface area (TPSA) is 52.6 Å². The molecule has 0 bridgehead atoms. The molecule has 3 aromatic carbocycles. The van der Waals surface area contributed by atoms with Crippen molar-refractivity contribution in [3.05, 3.63) is 101 Å². The number of hydrogen-bond donors (Lipinski definition) is 0. The fourth-order valence-corrected chi connectivity index (χ4v) is 2.97. The van der Waals surface area contributed by atoms with Gasteiger partial charge in [-0.1, -0.05) is 81.4 Å². The highest BCUT2D eigenvalue weighted by atomic mass is 16.5. The molecule has 0 unspecified atom stereocenters. The number of Topliss-reactive ketones (excluding diaryl/α,β-unsaturated/α-hetero) is 1. The molecule has 0 aliphatic rings. The summed E-state index contributed by atoms with van der Waals surface area (Å²) in [6.45, 7) is 6.28. The summed E-state index contributed by atoms with van der Waals surface area (Å²) >= 11 is 0. The summed E-state index contributed by atoms with van der Waals surface area (Å²) in [4.78, 5) is 25.0. The lowest BCUT2D eigenvalue weighted by Gasteiger charge is -2.19. The van der Waals surface area contributed by atoms with Crippen LogP contribution < -0.4 is 4.74 Å². The standard InChI is InChI=1S/C26H26O4/c1-26(2,3)21-15-13-19(14-16-21)24(27)18-30-25(28)23-12-8-7-9-20(23)17-29-22-10-5-4-6-11-22/h4-16H,17-18H2,1-3H3. The van der Waals surface area contributed by atoms with Crippen LogP contribution >= 0.6 is 0 Å². The molecule has 0 atom stereocenters. The highest BCUT2D eigenvalue weighted by Gasteiger charge is 2.17. The van der Waals surface area contributed by atoms with E-state index in [4.69, 9.17) is 9.47 Å². The normalized spacial score (nSPS) is 11.0. The van der Waals surface area contributed by atoms with Gasteiger partial charge in [0.25, 0.3) is 0 Å². The highest BCUT2D eigenvalue weighted by Crippen LogP contribution is 2.22. The minimum Gasteiger partial charge on any atom is -0.489 e. The predicted molar refractivity (Wildman–Crippen MR) is 117 cm³/mol. The van der Waals surface area contributed by atoms with Gasteiger partial charge in [0.05, 0.1) is 5.56 Å². The zero-order valence-corrected chi connectivity index (χ0v) is 17.6. The largest absolute Gasteiger partial charge is 0.489 e. The van der Waals surface area contributed by atoms with Crippen LogP contribution in [0.2, 0.25) is 0 Å². The minimum absolute atomic E-state index is 0.0135. The van der Waals surface area contributed by atoms with Gasteiger partial charge in [-0.15, -0.1) is 0 Å². The summed E-state index contributed by atoms with van der Waals surface area (Å²) in [5.74, 6) is -0.0571. The monoisotopic (exact) mass is 402 g/mol. The molecule has 4 nitrogen and oxygen atoms in total. The van der Waals surface area contributed by atoms with Crippen LogP contribution in [0.15, 0.2) is 78.9 Å². The van der Waals surface area contributed by atoms with E-state index in [0.29, 0.717) is 16.7 Å². The number of esters is 1. The molecule has 3 aromatic rings. The molecule has 0 saturated heterocycles. The number of carbonyl (C=O) groups excluding carboxylic acids is 2. The van der Waals surface area contributed by atoms with E-state index in [9.17, 15) is 9.59 Å². The minimum atomic E-state index is -0.540. The third-order valence-corrected chi connectivity index (χ3v) is 4.78. The predicted octanol–water partition coefficient (Wildman–Crippen LogP) is 5.60. The number of rotatable bonds is 7. The molecule has 0 aliphatic carbocycles. The molecule has 0 fully saturated rings.